The van der Waals surface area contributed by atoms with E-state index in [9.17, 15) is 14.7 Å². The van der Waals surface area contributed by atoms with Gasteiger partial charge < -0.3 is 20.2 Å². The van der Waals surface area contributed by atoms with Crippen LogP contribution in [0.5, 0.6) is 0 Å². The first-order valence-electron chi connectivity index (χ1n) is 11.1. The number of nitrogens with zero attached hydrogens (tertiary/aromatic N) is 2. The van der Waals surface area contributed by atoms with E-state index in [2.05, 4.69) is 38.0 Å². The summed E-state index contributed by atoms with van der Waals surface area (Å²) >= 11 is 0. The average molecular weight is 416 g/mol. The molecule has 2 heterocycles. The second kappa shape index (κ2) is 9.06. The largest absolute Gasteiger partial charge is 0.392 e. The van der Waals surface area contributed by atoms with Crippen molar-refractivity contribution in [3.63, 3.8) is 0 Å². The molecule has 6 nitrogen and oxygen atoms in total. The highest BCUT2D eigenvalue weighted by Crippen LogP contribution is 2.39. The Morgan fingerprint density at radius 2 is 1.83 bits per heavy atom. The Morgan fingerprint density at radius 1 is 1.17 bits per heavy atom. The summed E-state index contributed by atoms with van der Waals surface area (Å²) in [5.41, 5.74) is 1.97. The molecule has 0 radical (unpaired) electrons. The number of likely N-dealkylation sites (tertiary alicyclic amines) is 2. The molecule has 2 fully saturated rings. The predicted molar refractivity (Wildman–Crippen MR) is 119 cm³/mol. The summed E-state index contributed by atoms with van der Waals surface area (Å²) in [6, 6.07) is 7.84. The Balaban J connectivity index is 1.48. The first-order chi connectivity index (χ1) is 14.1. The van der Waals surface area contributed by atoms with E-state index in [1.807, 2.05) is 29.2 Å². The maximum atomic E-state index is 12.7. The smallest absolute Gasteiger partial charge is 0.224 e. The molecule has 2 N–H and O–H groups in total. The van der Waals surface area contributed by atoms with E-state index in [1.54, 1.807) is 0 Å². The number of nitrogens with one attached hydrogen (secondary N) is 1. The Morgan fingerprint density at radius 3 is 2.47 bits per heavy atom. The van der Waals surface area contributed by atoms with E-state index < -0.39 is 0 Å². The summed E-state index contributed by atoms with van der Waals surface area (Å²) in [5.74, 6) is -0.0700. The number of amides is 2. The highest BCUT2D eigenvalue weighted by atomic mass is 16.3. The van der Waals surface area contributed by atoms with Crippen LogP contribution in [0.15, 0.2) is 24.3 Å². The van der Waals surface area contributed by atoms with Crippen LogP contribution in [-0.2, 0) is 15.0 Å². The molecule has 1 aromatic rings. The molecule has 1 aromatic carbocycles. The lowest BCUT2D eigenvalue weighted by molar-refractivity contribution is -0.136. The fourth-order valence-electron chi connectivity index (χ4n) is 5.06. The van der Waals surface area contributed by atoms with Gasteiger partial charge in [-0.1, -0.05) is 39.0 Å². The van der Waals surface area contributed by atoms with Gasteiger partial charge in [-0.05, 0) is 48.8 Å². The SMILES string of the molecule is CN1CC(O)CC2(CCN(C(=O)CCC(=O)Nc3ccccc3C(C)(C)C)CC2)C1. The maximum absolute atomic E-state index is 12.7. The third kappa shape index (κ3) is 5.61. The minimum absolute atomic E-state index is 0.0498. The van der Waals surface area contributed by atoms with Gasteiger partial charge in [0.1, 0.15) is 0 Å². The number of carbonyl (C=O) groups is 2. The summed E-state index contributed by atoms with van der Waals surface area (Å²) in [7, 11) is 2.05. The van der Waals surface area contributed by atoms with Gasteiger partial charge in [0.25, 0.3) is 0 Å². The predicted octanol–water partition coefficient (Wildman–Crippen LogP) is 3.01. The Hall–Kier alpha value is -1.92. The van der Waals surface area contributed by atoms with Crippen molar-refractivity contribution in [1.82, 2.24) is 9.80 Å². The number of piperidine rings is 2. The fourth-order valence-corrected chi connectivity index (χ4v) is 5.06. The van der Waals surface area contributed by atoms with Crippen LogP contribution in [0.25, 0.3) is 0 Å². The van der Waals surface area contributed by atoms with Crippen molar-refractivity contribution in [3.05, 3.63) is 29.8 Å². The summed E-state index contributed by atoms with van der Waals surface area (Å²) in [4.78, 5) is 29.2. The molecule has 2 aliphatic heterocycles. The molecule has 0 aliphatic carbocycles. The van der Waals surface area contributed by atoms with Crippen LogP contribution in [0.1, 0.15) is 58.4 Å². The van der Waals surface area contributed by atoms with Gasteiger partial charge >= 0.3 is 0 Å². The minimum atomic E-state index is -0.273. The number of likely N-dealkylation sites (N-methyl/N-ethyl adjacent to an activating group) is 1. The molecule has 1 spiro atoms. The second-order valence-electron chi connectivity index (χ2n) is 10.3. The molecule has 3 rings (SSSR count). The zero-order chi connectivity index (χ0) is 21.9. The van der Waals surface area contributed by atoms with E-state index in [0.29, 0.717) is 13.1 Å². The number of hydrogen-bond donors (Lipinski definition) is 2. The highest BCUT2D eigenvalue weighted by Gasteiger charge is 2.41. The minimum Gasteiger partial charge on any atom is -0.392 e. The summed E-state index contributed by atoms with van der Waals surface area (Å²) in [6.07, 6.45) is 2.83. The first-order valence-corrected chi connectivity index (χ1v) is 11.1. The standard InChI is InChI=1S/C24H37N3O3/c1-23(2,3)19-7-5-6-8-20(19)25-21(29)9-10-22(30)27-13-11-24(12-14-27)15-18(28)16-26(4)17-24/h5-8,18,28H,9-17H2,1-4H3,(H,25,29). The van der Waals surface area contributed by atoms with Crippen LogP contribution >= 0.6 is 0 Å². The van der Waals surface area contributed by atoms with Crippen LogP contribution in [0, 0.1) is 5.41 Å². The van der Waals surface area contributed by atoms with Crippen LogP contribution in [0.4, 0.5) is 5.69 Å². The summed E-state index contributed by atoms with van der Waals surface area (Å²) in [6.45, 7) is 9.51. The van der Waals surface area contributed by atoms with Gasteiger partial charge in [0.15, 0.2) is 0 Å². The Labute approximate surface area is 180 Å². The lowest BCUT2D eigenvalue weighted by Crippen LogP contribution is -2.53. The molecule has 0 bridgehead atoms. The van der Waals surface area contributed by atoms with E-state index in [0.717, 1.165) is 43.6 Å². The third-order valence-electron chi connectivity index (χ3n) is 6.55. The zero-order valence-electron chi connectivity index (χ0n) is 18.9. The molecular formula is C24H37N3O3. The maximum Gasteiger partial charge on any atom is 0.224 e. The number of aliphatic hydroxyl groups is 1. The molecule has 0 aromatic heterocycles. The van der Waals surface area contributed by atoms with Crippen LogP contribution in [0.2, 0.25) is 0 Å². The van der Waals surface area contributed by atoms with Gasteiger partial charge in [-0.25, -0.2) is 0 Å². The zero-order valence-corrected chi connectivity index (χ0v) is 18.9. The van der Waals surface area contributed by atoms with Crippen molar-refractivity contribution in [1.29, 1.82) is 0 Å². The van der Waals surface area contributed by atoms with Crippen molar-refractivity contribution in [3.8, 4) is 0 Å². The average Bonchev–Trinajstić information content (AvgIpc) is 2.65. The number of anilines is 1. The molecule has 2 amide bonds. The fraction of sp³-hybridized carbons (Fsp3) is 0.667. The topological polar surface area (TPSA) is 72.9 Å². The number of carbonyl (C=O) groups excluding carboxylic acids is 2. The van der Waals surface area contributed by atoms with Crippen LogP contribution in [0.3, 0.4) is 0 Å². The van der Waals surface area contributed by atoms with Gasteiger partial charge in [0, 0.05) is 44.7 Å². The molecule has 1 atom stereocenters. The molecule has 6 heteroatoms. The number of β-amino-alcohol motifs (C(OH)–C–C–N with tert-alkyl or cyclic N) is 1. The van der Waals surface area contributed by atoms with Gasteiger partial charge in [-0.3, -0.25) is 9.59 Å². The van der Waals surface area contributed by atoms with Crippen molar-refractivity contribution in [2.45, 2.75) is 64.4 Å². The van der Waals surface area contributed by atoms with Gasteiger partial charge in [-0.2, -0.15) is 0 Å². The molecule has 0 saturated carbocycles. The van der Waals surface area contributed by atoms with E-state index in [1.165, 1.54) is 0 Å². The van der Waals surface area contributed by atoms with E-state index in [-0.39, 0.29) is 41.6 Å². The van der Waals surface area contributed by atoms with Gasteiger partial charge in [0.2, 0.25) is 11.8 Å². The van der Waals surface area contributed by atoms with Crippen molar-refractivity contribution >= 4 is 17.5 Å². The Bertz CT molecular complexity index is 751. The number of aliphatic hydroxyl groups excluding tert-OH is 1. The first kappa shape index (κ1) is 22.8. The lowest BCUT2D eigenvalue weighted by atomic mass is 9.71. The van der Waals surface area contributed by atoms with Crippen molar-refractivity contribution < 1.29 is 14.7 Å². The summed E-state index contributed by atoms with van der Waals surface area (Å²) in [5, 5.41) is 13.1. The van der Waals surface area contributed by atoms with Crippen LogP contribution < -0.4 is 5.32 Å². The second-order valence-corrected chi connectivity index (χ2v) is 10.3. The monoisotopic (exact) mass is 415 g/mol. The molecule has 166 valence electrons. The van der Waals surface area contributed by atoms with Crippen molar-refractivity contribution in [2.75, 3.05) is 38.5 Å². The number of rotatable bonds is 4. The van der Waals surface area contributed by atoms with Crippen molar-refractivity contribution in [2.24, 2.45) is 5.41 Å². The number of para-hydroxylation sites is 1. The van der Waals surface area contributed by atoms with E-state index in [4.69, 9.17) is 0 Å². The molecular weight excluding hydrogens is 378 g/mol. The normalized spacial score (nSPS) is 22.2. The third-order valence-corrected chi connectivity index (χ3v) is 6.55. The molecule has 2 aliphatic rings. The number of benzene rings is 1. The van der Waals surface area contributed by atoms with Crippen LogP contribution in [-0.4, -0.2) is 66.1 Å². The molecule has 30 heavy (non-hydrogen) atoms. The number of hydrogen-bond acceptors (Lipinski definition) is 4. The summed E-state index contributed by atoms with van der Waals surface area (Å²) < 4.78 is 0. The molecule has 1 unspecified atom stereocenters. The van der Waals surface area contributed by atoms with Gasteiger partial charge in [0.05, 0.1) is 6.10 Å². The Kier molecular flexibility index (Phi) is 6.88. The lowest BCUT2D eigenvalue weighted by Gasteiger charge is -2.48. The highest BCUT2D eigenvalue weighted by molar-refractivity contribution is 5.94. The van der Waals surface area contributed by atoms with E-state index >= 15 is 0 Å². The van der Waals surface area contributed by atoms with Gasteiger partial charge in [-0.15, -0.1) is 0 Å². The quantitative estimate of drug-likeness (QED) is 0.793. The molecule has 2 saturated heterocycles.